The molecular formula is C22H17N5O3. The Morgan fingerprint density at radius 1 is 1.13 bits per heavy atom. The van der Waals surface area contributed by atoms with Gasteiger partial charge in [-0.1, -0.05) is 18.2 Å². The van der Waals surface area contributed by atoms with E-state index in [1.54, 1.807) is 29.0 Å². The lowest BCUT2D eigenvalue weighted by Gasteiger charge is -2.12. The van der Waals surface area contributed by atoms with Crippen molar-refractivity contribution in [1.82, 2.24) is 19.2 Å². The number of hydrogen-bond donors (Lipinski definition) is 2. The maximum absolute atomic E-state index is 10.9. The van der Waals surface area contributed by atoms with Gasteiger partial charge < -0.3 is 20.1 Å². The fourth-order valence-electron chi connectivity index (χ4n) is 3.55. The highest BCUT2D eigenvalue weighted by Crippen LogP contribution is 2.32. The molecule has 5 aromatic rings. The molecule has 0 unspecified atom stereocenters. The number of carbonyl (C=O) groups is 1. The highest BCUT2D eigenvalue weighted by molar-refractivity contribution is 5.89. The molecule has 0 saturated carbocycles. The minimum atomic E-state index is -1.02. The normalized spacial score (nSPS) is 11.2. The third-order valence-corrected chi connectivity index (χ3v) is 4.93. The van der Waals surface area contributed by atoms with E-state index >= 15 is 0 Å². The summed E-state index contributed by atoms with van der Waals surface area (Å²) in [4.78, 5) is 15.3. The van der Waals surface area contributed by atoms with Crippen LogP contribution in [-0.4, -0.2) is 36.8 Å². The van der Waals surface area contributed by atoms with Crippen molar-refractivity contribution in [3.8, 4) is 22.6 Å². The smallest absolute Gasteiger partial charge is 0.341 e. The van der Waals surface area contributed by atoms with Crippen LogP contribution in [-0.2, 0) is 4.79 Å². The Bertz CT molecular complexity index is 1400. The highest BCUT2D eigenvalue weighted by atomic mass is 16.5. The molecule has 0 saturated heterocycles. The van der Waals surface area contributed by atoms with E-state index in [1.807, 2.05) is 53.2 Å². The second kappa shape index (κ2) is 6.93. The van der Waals surface area contributed by atoms with Gasteiger partial charge in [0.25, 0.3) is 0 Å². The van der Waals surface area contributed by atoms with Crippen LogP contribution in [0.2, 0.25) is 0 Å². The molecule has 3 aromatic heterocycles. The summed E-state index contributed by atoms with van der Waals surface area (Å²) in [5.74, 6) is 0.00223. The largest absolute Gasteiger partial charge is 0.480 e. The average molecular weight is 399 g/mol. The molecule has 3 heterocycles. The first-order chi connectivity index (χ1) is 14.6. The Morgan fingerprint density at radius 3 is 2.87 bits per heavy atom. The standard InChI is InChI=1S/C22H17N5O3/c23-22-16(12-24-20-7-9-25-27(20)22)14-5-6-17-15(11-14)8-10-26(17)18-3-1-2-4-19(18)30-13-21(28)29/h1-12H,13,23H2,(H,28,29). The fourth-order valence-corrected chi connectivity index (χ4v) is 3.55. The summed E-state index contributed by atoms with van der Waals surface area (Å²) in [6, 6.07) is 17.1. The van der Waals surface area contributed by atoms with Crippen LogP contribution in [0, 0.1) is 0 Å². The Balaban J connectivity index is 1.58. The first-order valence-corrected chi connectivity index (χ1v) is 9.25. The van der Waals surface area contributed by atoms with Gasteiger partial charge in [0, 0.05) is 29.4 Å². The predicted molar refractivity (Wildman–Crippen MR) is 113 cm³/mol. The summed E-state index contributed by atoms with van der Waals surface area (Å²) < 4.78 is 9.04. The van der Waals surface area contributed by atoms with Crippen LogP contribution in [0.25, 0.3) is 33.4 Å². The van der Waals surface area contributed by atoms with Crippen molar-refractivity contribution < 1.29 is 14.6 Å². The van der Waals surface area contributed by atoms with Gasteiger partial charge in [-0.25, -0.2) is 9.78 Å². The molecule has 0 amide bonds. The van der Waals surface area contributed by atoms with Crippen LogP contribution in [0.3, 0.4) is 0 Å². The summed E-state index contributed by atoms with van der Waals surface area (Å²) in [5.41, 5.74) is 10.4. The van der Waals surface area contributed by atoms with Gasteiger partial charge in [0.2, 0.25) is 0 Å². The molecule has 0 fully saturated rings. The van der Waals surface area contributed by atoms with E-state index in [1.165, 1.54) is 0 Å². The predicted octanol–water partition coefficient (Wildman–Crippen LogP) is 3.39. The maximum atomic E-state index is 10.9. The quantitative estimate of drug-likeness (QED) is 0.469. The van der Waals surface area contributed by atoms with Crippen molar-refractivity contribution in [3.05, 3.63) is 73.2 Å². The van der Waals surface area contributed by atoms with Gasteiger partial charge in [0.1, 0.15) is 11.6 Å². The van der Waals surface area contributed by atoms with E-state index in [9.17, 15) is 4.79 Å². The number of nitrogens with two attached hydrogens (primary N) is 1. The fraction of sp³-hybridized carbons (Fsp3) is 0.0455. The van der Waals surface area contributed by atoms with E-state index in [4.69, 9.17) is 15.6 Å². The second-order valence-electron chi connectivity index (χ2n) is 6.77. The minimum absolute atomic E-state index is 0.400. The number of benzene rings is 2. The lowest BCUT2D eigenvalue weighted by Crippen LogP contribution is -2.10. The van der Waals surface area contributed by atoms with E-state index in [-0.39, 0.29) is 0 Å². The number of nitrogens with zero attached hydrogens (tertiary/aromatic N) is 4. The van der Waals surface area contributed by atoms with Crippen LogP contribution in [0.1, 0.15) is 0 Å². The number of hydrogen-bond acceptors (Lipinski definition) is 5. The molecule has 5 rings (SSSR count). The maximum Gasteiger partial charge on any atom is 0.341 e. The third kappa shape index (κ3) is 2.91. The molecule has 8 heteroatoms. The molecule has 0 radical (unpaired) electrons. The number of fused-ring (bicyclic) bond motifs is 2. The van der Waals surface area contributed by atoms with Gasteiger partial charge in [-0.2, -0.15) is 9.61 Å². The zero-order valence-electron chi connectivity index (χ0n) is 15.8. The SMILES string of the molecule is Nc1c(-c2ccc3c(ccn3-c3ccccc3OCC(=O)O)c2)cnc2ccnn12. The molecule has 3 N–H and O–H groups in total. The van der Waals surface area contributed by atoms with Crippen LogP contribution >= 0.6 is 0 Å². The van der Waals surface area contributed by atoms with E-state index < -0.39 is 12.6 Å². The van der Waals surface area contributed by atoms with Gasteiger partial charge in [0.15, 0.2) is 12.3 Å². The number of nitrogen functional groups attached to an aromatic ring is 1. The number of carboxylic acids is 1. The first-order valence-electron chi connectivity index (χ1n) is 9.25. The highest BCUT2D eigenvalue weighted by Gasteiger charge is 2.13. The zero-order chi connectivity index (χ0) is 20.7. The average Bonchev–Trinajstić information content (AvgIpc) is 3.39. The van der Waals surface area contributed by atoms with Crippen LogP contribution in [0.4, 0.5) is 5.82 Å². The molecule has 0 atom stereocenters. The van der Waals surface area contributed by atoms with Gasteiger partial charge in [-0.05, 0) is 35.9 Å². The number of ether oxygens (including phenoxy) is 1. The Hall–Kier alpha value is -4.33. The van der Waals surface area contributed by atoms with E-state index in [0.29, 0.717) is 17.2 Å². The third-order valence-electron chi connectivity index (χ3n) is 4.93. The molecule has 0 aliphatic heterocycles. The topological polar surface area (TPSA) is 108 Å². The summed E-state index contributed by atoms with van der Waals surface area (Å²) >= 11 is 0. The molecule has 148 valence electrons. The molecular weight excluding hydrogens is 382 g/mol. The molecule has 0 spiro atoms. The lowest BCUT2D eigenvalue weighted by molar-refractivity contribution is -0.139. The van der Waals surface area contributed by atoms with Crippen molar-refractivity contribution >= 4 is 28.3 Å². The first kappa shape index (κ1) is 17.7. The number of aliphatic carboxylic acids is 1. The Morgan fingerprint density at radius 2 is 2.00 bits per heavy atom. The number of aromatic nitrogens is 4. The van der Waals surface area contributed by atoms with Crippen LogP contribution in [0.15, 0.2) is 73.2 Å². The Kier molecular flexibility index (Phi) is 4.10. The zero-order valence-corrected chi connectivity index (χ0v) is 15.8. The number of para-hydroxylation sites is 2. The van der Waals surface area contributed by atoms with Crippen molar-refractivity contribution in [2.75, 3.05) is 12.3 Å². The number of anilines is 1. The van der Waals surface area contributed by atoms with Gasteiger partial charge in [-0.3, -0.25) is 0 Å². The molecule has 8 nitrogen and oxygen atoms in total. The second-order valence-corrected chi connectivity index (χ2v) is 6.77. The summed E-state index contributed by atoms with van der Waals surface area (Å²) in [7, 11) is 0. The summed E-state index contributed by atoms with van der Waals surface area (Å²) in [6.45, 7) is -0.400. The Labute approximate surface area is 170 Å². The molecule has 0 aliphatic carbocycles. The molecule has 30 heavy (non-hydrogen) atoms. The van der Waals surface area contributed by atoms with E-state index in [0.717, 1.165) is 27.7 Å². The number of rotatable bonds is 5. The molecule has 0 aliphatic rings. The molecule has 2 aromatic carbocycles. The lowest BCUT2D eigenvalue weighted by atomic mass is 10.1. The number of carboxylic acid groups (broad SMARTS) is 1. The van der Waals surface area contributed by atoms with Gasteiger partial charge in [-0.15, -0.1) is 0 Å². The van der Waals surface area contributed by atoms with Crippen molar-refractivity contribution in [2.45, 2.75) is 0 Å². The van der Waals surface area contributed by atoms with Gasteiger partial charge >= 0.3 is 5.97 Å². The summed E-state index contributed by atoms with van der Waals surface area (Å²) in [6.07, 6.45) is 5.34. The monoisotopic (exact) mass is 399 g/mol. The van der Waals surface area contributed by atoms with Gasteiger partial charge in [0.05, 0.1) is 17.4 Å². The van der Waals surface area contributed by atoms with Crippen molar-refractivity contribution in [3.63, 3.8) is 0 Å². The van der Waals surface area contributed by atoms with Crippen molar-refractivity contribution in [1.29, 1.82) is 0 Å². The van der Waals surface area contributed by atoms with E-state index in [2.05, 4.69) is 10.1 Å². The van der Waals surface area contributed by atoms with Crippen molar-refractivity contribution in [2.24, 2.45) is 0 Å². The summed E-state index contributed by atoms with van der Waals surface area (Å²) in [5, 5.41) is 14.1. The molecule has 0 bridgehead atoms. The van der Waals surface area contributed by atoms with Crippen LogP contribution < -0.4 is 10.5 Å². The van der Waals surface area contributed by atoms with Crippen LogP contribution in [0.5, 0.6) is 5.75 Å². The minimum Gasteiger partial charge on any atom is -0.480 e.